The monoisotopic (exact) mass is 409 g/mol. The number of esters is 1. The van der Waals surface area contributed by atoms with Crippen molar-refractivity contribution in [3.63, 3.8) is 0 Å². The van der Waals surface area contributed by atoms with Gasteiger partial charge in [-0.25, -0.2) is 4.79 Å². The highest BCUT2D eigenvalue weighted by atomic mass is 16.7. The third-order valence-corrected chi connectivity index (χ3v) is 4.78. The lowest BCUT2D eigenvalue weighted by molar-refractivity contribution is -0.272. The predicted molar refractivity (Wildman–Crippen MR) is 107 cm³/mol. The maximum absolute atomic E-state index is 11.6. The summed E-state index contributed by atoms with van der Waals surface area (Å²) in [5.74, 6) is -0.253. The zero-order chi connectivity index (χ0) is 21.3. The van der Waals surface area contributed by atoms with Crippen molar-refractivity contribution >= 4 is 11.7 Å². The Balaban J connectivity index is 1.62. The van der Waals surface area contributed by atoms with Gasteiger partial charge in [-0.05, 0) is 31.0 Å². The minimum Gasteiger partial charge on any atom is -0.493 e. The van der Waals surface area contributed by atoms with Gasteiger partial charge in [-0.2, -0.15) is 0 Å². The molecule has 162 valence electrons. The van der Waals surface area contributed by atoms with E-state index >= 15 is 0 Å². The van der Waals surface area contributed by atoms with Crippen LogP contribution in [0.25, 0.3) is 5.70 Å². The van der Waals surface area contributed by atoms with Crippen LogP contribution in [0, 0.1) is 5.92 Å². The second kappa shape index (κ2) is 11.0. The van der Waals surface area contributed by atoms with Crippen molar-refractivity contribution in [3.8, 4) is 11.5 Å². The minimum absolute atomic E-state index is 0.252. The number of ether oxygens (including phenoxy) is 5. The Morgan fingerprint density at radius 3 is 2.48 bits per heavy atom. The highest BCUT2D eigenvalue weighted by Gasteiger charge is 2.41. The first-order valence-corrected chi connectivity index (χ1v) is 9.59. The topological polar surface area (TPSA) is 84.5 Å². The van der Waals surface area contributed by atoms with E-state index in [2.05, 4.69) is 12.1 Å². The summed E-state index contributed by atoms with van der Waals surface area (Å²) >= 11 is 0. The maximum atomic E-state index is 11.6. The zero-order valence-electron chi connectivity index (χ0n) is 17.6. The molecule has 0 radical (unpaired) electrons. The van der Waals surface area contributed by atoms with Crippen LogP contribution < -0.4 is 15.0 Å². The molecule has 2 rings (SSSR count). The molecule has 0 spiro atoms. The number of rotatable bonds is 11. The second-order valence-electron chi connectivity index (χ2n) is 6.92. The van der Waals surface area contributed by atoms with Crippen LogP contribution in [-0.4, -0.2) is 52.9 Å². The van der Waals surface area contributed by atoms with Crippen LogP contribution in [-0.2, 0) is 23.8 Å². The quantitative estimate of drug-likeness (QED) is 0.339. The molecule has 1 aliphatic heterocycles. The minimum atomic E-state index is -1.29. The Hall–Kier alpha value is -2.29. The Morgan fingerprint density at radius 2 is 1.86 bits per heavy atom. The molecule has 0 saturated carbocycles. The molecule has 1 N–H and O–H groups in total. The summed E-state index contributed by atoms with van der Waals surface area (Å²) in [5.41, 5.74) is 4.36. The van der Waals surface area contributed by atoms with E-state index in [1.807, 2.05) is 18.2 Å². The van der Waals surface area contributed by atoms with Crippen LogP contribution in [0.1, 0.15) is 31.7 Å². The van der Waals surface area contributed by atoms with Crippen molar-refractivity contribution in [2.45, 2.75) is 32.0 Å². The maximum Gasteiger partial charge on any atom is 0.366 e. The molecule has 1 saturated heterocycles. The number of hydrogen-bond donors (Lipinski definition) is 1. The van der Waals surface area contributed by atoms with E-state index in [4.69, 9.17) is 28.5 Å². The molecule has 0 atom stereocenters. The first-order chi connectivity index (χ1) is 13.9. The lowest BCUT2D eigenvalue weighted by Gasteiger charge is -2.35. The van der Waals surface area contributed by atoms with Gasteiger partial charge in [-0.3, -0.25) is 10.3 Å². The van der Waals surface area contributed by atoms with Gasteiger partial charge in [0.1, 0.15) is 0 Å². The predicted octanol–water partition coefficient (Wildman–Crippen LogP) is 2.92. The van der Waals surface area contributed by atoms with Gasteiger partial charge < -0.3 is 23.7 Å². The summed E-state index contributed by atoms with van der Waals surface area (Å²) in [7, 11) is 4.50. The number of carbonyl (C=O) groups excluding carboxylic acids is 1. The van der Waals surface area contributed by atoms with Gasteiger partial charge in [-0.1, -0.05) is 13.0 Å². The standard InChI is InChI=1S/C21H31NO7/c1-15(17-9-10-18(24-3)19(12-17)25-4)22-29-11-7-6-8-16-13-27-21(2,28-14-16)20(23)26-5/h9-10,12,16,22H,1,6-8,11,13-14H2,2-5H3. The lowest BCUT2D eigenvalue weighted by atomic mass is 10.0. The summed E-state index contributed by atoms with van der Waals surface area (Å²) in [6.07, 6.45) is 2.76. The Bertz CT molecular complexity index is 684. The molecule has 0 amide bonds. The number of carbonyl (C=O) groups is 1. The van der Waals surface area contributed by atoms with E-state index < -0.39 is 11.8 Å². The molecule has 0 bridgehead atoms. The average molecular weight is 409 g/mol. The molecule has 1 heterocycles. The molecule has 0 aliphatic carbocycles. The first kappa shape index (κ1) is 23.0. The molecule has 8 nitrogen and oxygen atoms in total. The van der Waals surface area contributed by atoms with E-state index in [0.717, 1.165) is 24.8 Å². The van der Waals surface area contributed by atoms with Crippen molar-refractivity contribution in [3.05, 3.63) is 30.3 Å². The normalized spacial score (nSPS) is 21.3. The van der Waals surface area contributed by atoms with Crippen molar-refractivity contribution in [1.29, 1.82) is 0 Å². The van der Waals surface area contributed by atoms with Crippen LogP contribution in [0.2, 0.25) is 0 Å². The number of hydroxylamine groups is 1. The Labute approximate surface area is 172 Å². The summed E-state index contributed by atoms with van der Waals surface area (Å²) in [6.45, 7) is 7.05. The highest BCUT2D eigenvalue weighted by molar-refractivity contribution is 5.77. The van der Waals surface area contributed by atoms with Crippen LogP contribution >= 0.6 is 0 Å². The number of methoxy groups -OCH3 is 3. The van der Waals surface area contributed by atoms with Crippen LogP contribution in [0.15, 0.2) is 24.8 Å². The van der Waals surface area contributed by atoms with Gasteiger partial charge in [0.2, 0.25) is 0 Å². The first-order valence-electron chi connectivity index (χ1n) is 9.59. The molecule has 1 fully saturated rings. The molecule has 0 unspecified atom stereocenters. The number of nitrogens with one attached hydrogen (secondary N) is 1. The molecular weight excluding hydrogens is 378 g/mol. The zero-order valence-corrected chi connectivity index (χ0v) is 17.6. The summed E-state index contributed by atoms with van der Waals surface area (Å²) < 4.78 is 26.3. The molecule has 8 heteroatoms. The fourth-order valence-corrected chi connectivity index (χ4v) is 2.94. The van der Waals surface area contributed by atoms with E-state index in [9.17, 15) is 4.79 Å². The van der Waals surface area contributed by atoms with Gasteiger partial charge in [-0.15, -0.1) is 0 Å². The van der Waals surface area contributed by atoms with E-state index in [1.165, 1.54) is 7.11 Å². The third kappa shape index (κ3) is 6.35. The highest BCUT2D eigenvalue weighted by Crippen LogP contribution is 2.29. The molecule has 1 aliphatic rings. The van der Waals surface area contributed by atoms with E-state index in [1.54, 1.807) is 21.1 Å². The molecule has 1 aromatic carbocycles. The smallest absolute Gasteiger partial charge is 0.366 e. The number of benzene rings is 1. The van der Waals surface area contributed by atoms with Crippen molar-refractivity contribution in [2.75, 3.05) is 41.2 Å². The summed E-state index contributed by atoms with van der Waals surface area (Å²) in [4.78, 5) is 17.1. The van der Waals surface area contributed by atoms with Crippen LogP contribution in [0.5, 0.6) is 11.5 Å². The Kier molecular flexibility index (Phi) is 8.75. The Morgan fingerprint density at radius 1 is 1.17 bits per heavy atom. The second-order valence-corrected chi connectivity index (χ2v) is 6.92. The number of hydrogen-bond acceptors (Lipinski definition) is 8. The van der Waals surface area contributed by atoms with Gasteiger partial charge in [0, 0.05) is 18.4 Å². The van der Waals surface area contributed by atoms with Crippen LogP contribution in [0.3, 0.4) is 0 Å². The van der Waals surface area contributed by atoms with Crippen molar-refractivity contribution < 1.29 is 33.3 Å². The van der Waals surface area contributed by atoms with Crippen molar-refractivity contribution in [1.82, 2.24) is 5.48 Å². The molecule has 0 aromatic heterocycles. The SMILES string of the molecule is C=C(NOCCCCC1COC(C)(C(=O)OC)OC1)c1ccc(OC)c(OC)c1. The fraction of sp³-hybridized carbons (Fsp3) is 0.571. The van der Waals surface area contributed by atoms with Gasteiger partial charge in [0.15, 0.2) is 11.5 Å². The van der Waals surface area contributed by atoms with Crippen molar-refractivity contribution in [2.24, 2.45) is 5.92 Å². The summed E-state index contributed by atoms with van der Waals surface area (Å²) in [5, 5.41) is 0. The third-order valence-electron chi connectivity index (χ3n) is 4.78. The molecule has 1 aromatic rings. The van der Waals surface area contributed by atoms with E-state index in [-0.39, 0.29) is 5.92 Å². The van der Waals surface area contributed by atoms with Gasteiger partial charge >= 0.3 is 5.97 Å². The van der Waals surface area contributed by atoms with Gasteiger partial charge in [0.05, 0.1) is 46.8 Å². The molecular formula is C21H31NO7. The van der Waals surface area contributed by atoms with Gasteiger partial charge in [0.25, 0.3) is 5.79 Å². The largest absolute Gasteiger partial charge is 0.493 e. The van der Waals surface area contributed by atoms with E-state index in [0.29, 0.717) is 37.0 Å². The van der Waals surface area contributed by atoms with Crippen LogP contribution in [0.4, 0.5) is 0 Å². The summed E-state index contributed by atoms with van der Waals surface area (Å²) in [6, 6.07) is 5.54. The fourth-order valence-electron chi connectivity index (χ4n) is 2.94. The average Bonchev–Trinajstić information content (AvgIpc) is 2.76. The lowest BCUT2D eigenvalue weighted by Crippen LogP contribution is -2.48. The number of unbranched alkanes of at least 4 members (excludes halogenated alkanes) is 1. The molecule has 29 heavy (non-hydrogen) atoms.